The maximum absolute atomic E-state index is 11.2. The van der Waals surface area contributed by atoms with Crippen molar-refractivity contribution in [3.8, 4) is 0 Å². The number of thioether (sulfide) groups is 1. The Hall–Kier alpha value is -1.49. The Morgan fingerprint density at radius 2 is 1.96 bits per heavy atom. The Kier molecular flexibility index (Phi) is 4.52. The Morgan fingerprint density at radius 3 is 2.60 bits per heavy atom. The van der Waals surface area contributed by atoms with Crippen LogP contribution in [0.4, 0.5) is 5.69 Å². The highest BCUT2D eigenvalue weighted by Crippen LogP contribution is 2.48. The topological polar surface area (TPSA) is 52.9 Å². The van der Waals surface area contributed by atoms with Gasteiger partial charge in [-0.2, -0.15) is 0 Å². The van der Waals surface area contributed by atoms with Gasteiger partial charge in [0.15, 0.2) is 5.17 Å². The van der Waals surface area contributed by atoms with Gasteiger partial charge in [-0.25, -0.2) is 9.79 Å². The van der Waals surface area contributed by atoms with E-state index in [2.05, 4.69) is 4.90 Å². The van der Waals surface area contributed by atoms with Crippen LogP contribution in [0.3, 0.4) is 0 Å². The number of carboxylic acids is 1. The summed E-state index contributed by atoms with van der Waals surface area (Å²) in [6, 6.07) is 5.90. The van der Waals surface area contributed by atoms with Crippen molar-refractivity contribution in [1.82, 2.24) is 4.90 Å². The molecule has 4 rings (SSSR count). The van der Waals surface area contributed by atoms with Crippen LogP contribution in [0.5, 0.6) is 0 Å². The van der Waals surface area contributed by atoms with Gasteiger partial charge in [-0.05, 0) is 56.4 Å². The highest BCUT2D eigenvalue weighted by Gasteiger charge is 2.49. The molecular weight excluding hydrogens is 332 g/mol. The van der Waals surface area contributed by atoms with Crippen LogP contribution < -0.4 is 0 Å². The van der Waals surface area contributed by atoms with E-state index in [0.29, 0.717) is 17.1 Å². The number of benzene rings is 1. The summed E-state index contributed by atoms with van der Waals surface area (Å²) in [5.74, 6) is 0.282. The smallest absolute Gasteiger partial charge is 0.335 e. The van der Waals surface area contributed by atoms with Crippen LogP contribution in [0.1, 0.15) is 67.3 Å². The predicted octanol–water partition coefficient (Wildman–Crippen LogP) is 4.98. The summed E-state index contributed by atoms with van der Waals surface area (Å²) in [7, 11) is 0. The molecule has 0 radical (unpaired) electrons. The number of aliphatic imine (C=N–C) groups is 1. The maximum atomic E-state index is 11.2. The summed E-state index contributed by atoms with van der Waals surface area (Å²) in [6.07, 6.45) is 10.5. The Balaban J connectivity index is 1.68. The second-order valence-electron chi connectivity index (χ2n) is 7.73. The molecule has 0 aromatic heterocycles. The van der Waals surface area contributed by atoms with Gasteiger partial charge in [-0.1, -0.05) is 37.4 Å². The lowest BCUT2D eigenvalue weighted by Gasteiger charge is -2.40. The molecule has 3 fully saturated rings. The van der Waals surface area contributed by atoms with Crippen LogP contribution in [-0.2, 0) is 0 Å². The van der Waals surface area contributed by atoms with Crippen molar-refractivity contribution in [2.24, 2.45) is 4.99 Å². The first kappa shape index (κ1) is 17.0. The second kappa shape index (κ2) is 6.67. The number of hydrogen-bond acceptors (Lipinski definition) is 3. The molecule has 2 aliphatic carbocycles. The molecule has 1 saturated heterocycles. The van der Waals surface area contributed by atoms with Gasteiger partial charge in [0.1, 0.15) is 0 Å². The number of carbonyl (C=O) groups is 1. The molecule has 134 valence electrons. The zero-order valence-corrected chi connectivity index (χ0v) is 15.6. The molecule has 0 amide bonds. The Bertz CT molecular complexity index is 704. The predicted molar refractivity (Wildman–Crippen MR) is 103 cm³/mol. The van der Waals surface area contributed by atoms with Crippen molar-refractivity contribution in [3.63, 3.8) is 0 Å². The Morgan fingerprint density at radius 1 is 1.24 bits per heavy atom. The van der Waals surface area contributed by atoms with E-state index >= 15 is 0 Å². The molecule has 1 spiro atoms. The van der Waals surface area contributed by atoms with Crippen LogP contribution in [0.25, 0.3) is 0 Å². The lowest BCUT2D eigenvalue weighted by atomic mass is 9.95. The lowest BCUT2D eigenvalue weighted by Crippen LogP contribution is -2.50. The first-order valence-electron chi connectivity index (χ1n) is 9.44. The van der Waals surface area contributed by atoms with Gasteiger partial charge in [0.2, 0.25) is 0 Å². The van der Waals surface area contributed by atoms with Crippen molar-refractivity contribution in [3.05, 3.63) is 29.3 Å². The van der Waals surface area contributed by atoms with E-state index < -0.39 is 5.97 Å². The second-order valence-corrected chi connectivity index (χ2v) is 8.67. The molecule has 3 aliphatic rings. The number of aryl methyl sites for hydroxylation is 1. The minimum absolute atomic E-state index is 0.327. The molecule has 5 heteroatoms. The molecular formula is C20H26N2O2S. The van der Waals surface area contributed by atoms with Gasteiger partial charge in [-0.15, -0.1) is 0 Å². The van der Waals surface area contributed by atoms with Gasteiger partial charge < -0.3 is 10.0 Å². The highest BCUT2D eigenvalue weighted by molar-refractivity contribution is 8.14. The van der Waals surface area contributed by atoms with Crippen LogP contribution in [0, 0.1) is 6.92 Å². The third kappa shape index (κ3) is 3.07. The molecule has 25 heavy (non-hydrogen) atoms. The fourth-order valence-electron chi connectivity index (χ4n) is 4.77. The molecule has 1 heterocycles. The van der Waals surface area contributed by atoms with Gasteiger partial charge in [0.05, 0.1) is 16.8 Å². The van der Waals surface area contributed by atoms with E-state index in [4.69, 9.17) is 10.1 Å². The van der Waals surface area contributed by atoms with Crippen molar-refractivity contribution < 1.29 is 9.90 Å². The summed E-state index contributed by atoms with van der Waals surface area (Å²) in [5, 5.41) is 10.3. The number of hydrogen-bond donors (Lipinski definition) is 1. The number of carboxylic acid groups (broad SMARTS) is 1. The molecule has 1 aromatic carbocycles. The van der Waals surface area contributed by atoms with E-state index in [0.717, 1.165) is 17.0 Å². The monoisotopic (exact) mass is 358 g/mol. The van der Waals surface area contributed by atoms with E-state index in [1.807, 2.05) is 24.8 Å². The molecule has 1 N–H and O–H groups in total. The zero-order chi connectivity index (χ0) is 17.4. The molecule has 0 bridgehead atoms. The summed E-state index contributed by atoms with van der Waals surface area (Å²) < 4.78 is 0. The van der Waals surface area contributed by atoms with Crippen molar-refractivity contribution in [2.75, 3.05) is 5.75 Å². The molecule has 2 saturated carbocycles. The van der Waals surface area contributed by atoms with Gasteiger partial charge in [0, 0.05) is 11.8 Å². The standard InChI is InChI=1S/C20H26N2O2S/c1-14-12-15(18(23)24)8-9-17(14)21-19-22(16-6-2-3-7-16)20(13-25-19)10-4-5-11-20/h8-9,12,16H,2-7,10-11,13H2,1H3,(H,23,24). The fraction of sp³-hybridized carbons (Fsp3) is 0.600. The average Bonchev–Trinajstić information content (AvgIpc) is 3.32. The van der Waals surface area contributed by atoms with Crippen molar-refractivity contribution in [2.45, 2.75) is 69.9 Å². The third-order valence-electron chi connectivity index (χ3n) is 6.07. The normalized spacial score (nSPS) is 24.7. The first-order chi connectivity index (χ1) is 12.1. The van der Waals surface area contributed by atoms with Gasteiger partial charge >= 0.3 is 5.97 Å². The molecule has 0 atom stereocenters. The third-order valence-corrected chi connectivity index (χ3v) is 7.30. The quantitative estimate of drug-likeness (QED) is 0.827. The largest absolute Gasteiger partial charge is 0.478 e. The lowest BCUT2D eigenvalue weighted by molar-refractivity contribution is 0.0697. The molecule has 0 unspecified atom stereocenters. The van der Waals surface area contributed by atoms with Gasteiger partial charge in [-0.3, -0.25) is 0 Å². The molecule has 1 aliphatic heterocycles. The average molecular weight is 359 g/mol. The molecule has 4 nitrogen and oxygen atoms in total. The van der Waals surface area contributed by atoms with Crippen molar-refractivity contribution in [1.29, 1.82) is 0 Å². The van der Waals surface area contributed by atoms with Crippen LogP contribution in [0.15, 0.2) is 23.2 Å². The van der Waals surface area contributed by atoms with Crippen LogP contribution >= 0.6 is 11.8 Å². The summed E-state index contributed by atoms with van der Waals surface area (Å²) in [4.78, 5) is 18.9. The minimum atomic E-state index is -0.880. The summed E-state index contributed by atoms with van der Waals surface area (Å²) in [6.45, 7) is 1.96. The number of aromatic carboxylic acids is 1. The van der Waals surface area contributed by atoms with Gasteiger partial charge in [0.25, 0.3) is 0 Å². The summed E-state index contributed by atoms with van der Waals surface area (Å²) in [5.41, 5.74) is 2.51. The minimum Gasteiger partial charge on any atom is -0.478 e. The Labute approximate surface area is 153 Å². The van der Waals surface area contributed by atoms with Crippen LogP contribution in [-0.4, -0.2) is 38.5 Å². The number of amidine groups is 1. The van der Waals surface area contributed by atoms with Crippen LogP contribution in [0.2, 0.25) is 0 Å². The number of nitrogens with zero attached hydrogens (tertiary/aromatic N) is 2. The maximum Gasteiger partial charge on any atom is 0.335 e. The van der Waals surface area contributed by atoms with E-state index in [1.165, 1.54) is 56.5 Å². The number of rotatable bonds is 3. The van der Waals surface area contributed by atoms with E-state index in [1.54, 1.807) is 12.1 Å². The highest BCUT2D eigenvalue weighted by atomic mass is 32.2. The first-order valence-corrected chi connectivity index (χ1v) is 10.4. The molecule has 1 aromatic rings. The fourth-order valence-corrected chi connectivity index (χ4v) is 6.24. The van der Waals surface area contributed by atoms with E-state index in [-0.39, 0.29) is 0 Å². The summed E-state index contributed by atoms with van der Waals surface area (Å²) >= 11 is 1.91. The van der Waals surface area contributed by atoms with Crippen molar-refractivity contribution >= 4 is 28.6 Å². The van der Waals surface area contributed by atoms with E-state index in [9.17, 15) is 4.79 Å². The SMILES string of the molecule is Cc1cc(C(=O)O)ccc1N=C1SCC2(CCCC2)N1C1CCCC1. The zero-order valence-electron chi connectivity index (χ0n) is 14.8.